The Labute approximate surface area is 109 Å². The molecule has 0 atom stereocenters. The van der Waals surface area contributed by atoms with Crippen molar-refractivity contribution in [3.63, 3.8) is 0 Å². The molecule has 0 bridgehead atoms. The number of benzene rings is 1. The smallest absolute Gasteiger partial charge is 0.338 e. The fraction of sp³-hybridized carbons (Fsp3) is 0.0769. The first-order valence-electron chi connectivity index (χ1n) is 5.30. The number of carbonyl (C=O) groups is 1. The second kappa shape index (κ2) is 5.51. The Hall–Kier alpha value is -2.07. The molecule has 0 radical (unpaired) electrons. The predicted molar refractivity (Wildman–Crippen MR) is 69.4 cm³/mol. The molecule has 0 unspecified atom stereocenters. The second-order valence-electron chi connectivity index (χ2n) is 3.65. The molecule has 0 fully saturated rings. The normalized spacial score (nSPS) is 10.1. The monoisotopic (exact) mass is 262 g/mol. The van der Waals surface area contributed by atoms with E-state index in [0.29, 0.717) is 16.3 Å². The van der Waals surface area contributed by atoms with Gasteiger partial charge in [0.2, 0.25) is 0 Å². The molecule has 2 N–H and O–H groups in total. The van der Waals surface area contributed by atoms with Gasteiger partial charge in [-0.2, -0.15) is 0 Å². The van der Waals surface area contributed by atoms with Crippen LogP contribution in [0.1, 0.15) is 16.1 Å². The SMILES string of the molecule is N=C(COC(=O)c1ccc(Cl)cc1)c1ccc[nH]1. The van der Waals surface area contributed by atoms with Crippen molar-refractivity contribution in [2.45, 2.75) is 0 Å². The van der Waals surface area contributed by atoms with Crippen LogP contribution in [0.25, 0.3) is 0 Å². The lowest BCUT2D eigenvalue weighted by atomic mass is 10.2. The lowest BCUT2D eigenvalue weighted by molar-refractivity contribution is 0.0563. The van der Waals surface area contributed by atoms with Crippen molar-refractivity contribution in [1.29, 1.82) is 5.41 Å². The van der Waals surface area contributed by atoms with Crippen molar-refractivity contribution in [3.05, 3.63) is 58.9 Å². The van der Waals surface area contributed by atoms with Crippen molar-refractivity contribution in [1.82, 2.24) is 4.98 Å². The first kappa shape index (κ1) is 12.4. The largest absolute Gasteiger partial charge is 0.456 e. The Morgan fingerprint density at radius 1 is 1.28 bits per heavy atom. The third-order valence-electron chi connectivity index (χ3n) is 2.35. The summed E-state index contributed by atoms with van der Waals surface area (Å²) in [6.45, 7) is -0.0675. The maximum Gasteiger partial charge on any atom is 0.338 e. The van der Waals surface area contributed by atoms with E-state index in [1.54, 1.807) is 42.6 Å². The van der Waals surface area contributed by atoms with Gasteiger partial charge < -0.3 is 9.72 Å². The van der Waals surface area contributed by atoms with Gasteiger partial charge in [-0.05, 0) is 36.4 Å². The summed E-state index contributed by atoms with van der Waals surface area (Å²) in [6.07, 6.45) is 1.71. The van der Waals surface area contributed by atoms with E-state index in [1.807, 2.05) is 0 Å². The fourth-order valence-electron chi connectivity index (χ4n) is 1.40. The van der Waals surface area contributed by atoms with Crippen LogP contribution in [-0.4, -0.2) is 23.3 Å². The number of ether oxygens (including phenoxy) is 1. The molecule has 2 aromatic rings. The zero-order valence-electron chi connectivity index (χ0n) is 9.44. The number of H-pyrrole nitrogens is 1. The van der Waals surface area contributed by atoms with Crippen LogP contribution < -0.4 is 0 Å². The number of rotatable bonds is 4. The Bertz CT molecular complexity index is 547. The molecule has 18 heavy (non-hydrogen) atoms. The van der Waals surface area contributed by atoms with Crippen LogP contribution in [-0.2, 0) is 4.74 Å². The molecule has 0 saturated heterocycles. The zero-order valence-corrected chi connectivity index (χ0v) is 10.2. The number of hydrogen-bond donors (Lipinski definition) is 2. The van der Waals surface area contributed by atoms with Gasteiger partial charge in [0.05, 0.1) is 17.0 Å². The lowest BCUT2D eigenvalue weighted by Gasteiger charge is -2.05. The van der Waals surface area contributed by atoms with Crippen LogP contribution in [0, 0.1) is 5.41 Å². The molecule has 1 heterocycles. The van der Waals surface area contributed by atoms with Gasteiger partial charge in [-0.1, -0.05) is 11.6 Å². The summed E-state index contributed by atoms with van der Waals surface area (Å²) >= 11 is 5.72. The van der Waals surface area contributed by atoms with E-state index in [2.05, 4.69) is 4.98 Å². The van der Waals surface area contributed by atoms with Crippen molar-refractivity contribution in [2.75, 3.05) is 6.61 Å². The summed E-state index contributed by atoms with van der Waals surface area (Å²) in [4.78, 5) is 14.5. The van der Waals surface area contributed by atoms with E-state index < -0.39 is 5.97 Å². The average molecular weight is 263 g/mol. The van der Waals surface area contributed by atoms with E-state index in [0.717, 1.165) is 0 Å². The number of nitrogens with one attached hydrogen (secondary N) is 2. The lowest BCUT2D eigenvalue weighted by Crippen LogP contribution is -2.14. The molecule has 1 aromatic heterocycles. The Kier molecular flexibility index (Phi) is 3.79. The minimum atomic E-state index is -0.469. The quantitative estimate of drug-likeness (QED) is 0.657. The number of hydrogen-bond acceptors (Lipinski definition) is 3. The first-order chi connectivity index (χ1) is 8.66. The molecule has 4 nitrogen and oxygen atoms in total. The molecule has 0 aliphatic rings. The van der Waals surface area contributed by atoms with Gasteiger partial charge in [-0.25, -0.2) is 4.79 Å². The van der Waals surface area contributed by atoms with Crippen molar-refractivity contribution >= 4 is 23.3 Å². The third-order valence-corrected chi connectivity index (χ3v) is 2.60. The van der Waals surface area contributed by atoms with Crippen LogP contribution in [0.5, 0.6) is 0 Å². The highest BCUT2D eigenvalue weighted by Crippen LogP contribution is 2.10. The van der Waals surface area contributed by atoms with Gasteiger partial charge in [-0.3, -0.25) is 5.41 Å². The second-order valence-corrected chi connectivity index (χ2v) is 4.08. The molecule has 0 spiro atoms. The molecule has 0 amide bonds. The highest BCUT2D eigenvalue weighted by Gasteiger charge is 2.09. The third kappa shape index (κ3) is 2.99. The molecule has 0 aliphatic carbocycles. The minimum Gasteiger partial charge on any atom is -0.456 e. The Morgan fingerprint density at radius 3 is 2.61 bits per heavy atom. The topological polar surface area (TPSA) is 65.9 Å². The Morgan fingerprint density at radius 2 is 2.00 bits per heavy atom. The summed E-state index contributed by atoms with van der Waals surface area (Å²) in [5, 5.41) is 8.27. The van der Waals surface area contributed by atoms with Gasteiger partial charge in [0.25, 0.3) is 0 Å². The summed E-state index contributed by atoms with van der Waals surface area (Å²) < 4.78 is 5.03. The van der Waals surface area contributed by atoms with Crippen molar-refractivity contribution < 1.29 is 9.53 Å². The fourth-order valence-corrected chi connectivity index (χ4v) is 1.53. The zero-order chi connectivity index (χ0) is 13.0. The number of aromatic nitrogens is 1. The van der Waals surface area contributed by atoms with Gasteiger partial charge in [-0.15, -0.1) is 0 Å². The number of halogens is 1. The van der Waals surface area contributed by atoms with Crippen molar-refractivity contribution in [3.8, 4) is 0 Å². The van der Waals surface area contributed by atoms with E-state index in [9.17, 15) is 4.79 Å². The first-order valence-corrected chi connectivity index (χ1v) is 5.68. The predicted octanol–water partition coefficient (Wildman–Crippen LogP) is 2.89. The molecule has 0 aliphatic heterocycles. The molecule has 92 valence electrons. The van der Waals surface area contributed by atoms with Crippen LogP contribution >= 0.6 is 11.6 Å². The van der Waals surface area contributed by atoms with Gasteiger partial charge in [0.15, 0.2) is 0 Å². The Balaban J connectivity index is 1.92. The summed E-state index contributed by atoms with van der Waals surface area (Å²) in [6, 6.07) is 9.94. The van der Waals surface area contributed by atoms with Crippen LogP contribution in [0.2, 0.25) is 5.02 Å². The molecule has 5 heteroatoms. The van der Waals surface area contributed by atoms with Gasteiger partial charge in [0.1, 0.15) is 6.61 Å². The van der Waals surface area contributed by atoms with E-state index in [-0.39, 0.29) is 12.3 Å². The molecule has 2 rings (SSSR count). The average Bonchev–Trinajstić information content (AvgIpc) is 2.90. The van der Waals surface area contributed by atoms with Gasteiger partial charge >= 0.3 is 5.97 Å². The molecule has 0 saturated carbocycles. The number of aromatic amines is 1. The van der Waals surface area contributed by atoms with E-state index >= 15 is 0 Å². The van der Waals surface area contributed by atoms with Crippen LogP contribution in [0.3, 0.4) is 0 Å². The highest BCUT2D eigenvalue weighted by molar-refractivity contribution is 6.30. The summed E-state index contributed by atoms with van der Waals surface area (Å²) in [5.74, 6) is -0.469. The van der Waals surface area contributed by atoms with Crippen molar-refractivity contribution in [2.24, 2.45) is 0 Å². The van der Waals surface area contributed by atoms with Crippen LogP contribution in [0.15, 0.2) is 42.6 Å². The molecular formula is C13H11ClN2O2. The van der Waals surface area contributed by atoms with E-state index in [1.165, 1.54) is 0 Å². The van der Waals surface area contributed by atoms with Crippen LogP contribution in [0.4, 0.5) is 0 Å². The molecular weight excluding hydrogens is 252 g/mol. The number of carbonyl (C=O) groups excluding carboxylic acids is 1. The summed E-state index contributed by atoms with van der Waals surface area (Å²) in [7, 11) is 0. The maximum atomic E-state index is 11.7. The summed E-state index contributed by atoms with van der Waals surface area (Å²) in [5.41, 5.74) is 1.28. The standard InChI is InChI=1S/C13H11ClN2O2/c14-10-5-3-9(4-6-10)13(17)18-8-11(15)12-2-1-7-16-12/h1-7,15-16H,8H2. The molecule has 1 aromatic carbocycles. The number of esters is 1. The van der Waals surface area contributed by atoms with E-state index in [4.69, 9.17) is 21.7 Å². The highest BCUT2D eigenvalue weighted by atomic mass is 35.5. The minimum absolute atomic E-state index is 0.0675. The van der Waals surface area contributed by atoms with Gasteiger partial charge in [0, 0.05) is 11.2 Å². The maximum absolute atomic E-state index is 11.7.